The summed E-state index contributed by atoms with van der Waals surface area (Å²) in [7, 11) is 0. The van der Waals surface area contributed by atoms with Crippen LogP contribution in [0, 0.1) is 0 Å². The summed E-state index contributed by atoms with van der Waals surface area (Å²) in [4.78, 5) is 0. The average molecular weight is 201 g/mol. The highest BCUT2D eigenvalue weighted by Crippen LogP contribution is 1.96. The molecule has 0 saturated carbocycles. The van der Waals surface area contributed by atoms with E-state index in [1.54, 1.807) is 0 Å². The van der Waals surface area contributed by atoms with Gasteiger partial charge in [-0.2, -0.15) is 0 Å². The van der Waals surface area contributed by atoms with Crippen LogP contribution in [0.3, 0.4) is 0 Å². The van der Waals surface area contributed by atoms with E-state index in [0.717, 1.165) is 25.4 Å². The van der Waals surface area contributed by atoms with Crippen LogP contribution in [0.1, 0.15) is 19.5 Å². The number of aromatic nitrogens is 2. The van der Waals surface area contributed by atoms with Crippen molar-refractivity contribution in [3.8, 4) is 0 Å². The number of hydrogen-bond acceptors (Lipinski definition) is 5. The van der Waals surface area contributed by atoms with E-state index >= 15 is 0 Å². The summed E-state index contributed by atoms with van der Waals surface area (Å²) in [5, 5.41) is 9.12. The standard InChI is InChI=1S/C8H15N3OS/c1-3-12-7(2)4-9-5-8-6-13-11-10-8/h6-7,9H,3-5H2,1-2H3. The fraction of sp³-hybridized carbons (Fsp3) is 0.750. The molecule has 0 aliphatic heterocycles. The van der Waals surface area contributed by atoms with Gasteiger partial charge in [0.05, 0.1) is 11.8 Å². The minimum Gasteiger partial charge on any atom is -0.377 e. The summed E-state index contributed by atoms with van der Waals surface area (Å²) in [6.07, 6.45) is 0.261. The quantitative estimate of drug-likeness (QED) is 0.747. The summed E-state index contributed by atoms with van der Waals surface area (Å²) < 4.78 is 9.14. The van der Waals surface area contributed by atoms with E-state index < -0.39 is 0 Å². The largest absolute Gasteiger partial charge is 0.377 e. The predicted octanol–water partition coefficient (Wildman–Crippen LogP) is 1.05. The first-order valence-electron chi connectivity index (χ1n) is 4.41. The molecule has 0 fully saturated rings. The zero-order valence-corrected chi connectivity index (χ0v) is 8.80. The van der Waals surface area contributed by atoms with E-state index in [1.807, 2.05) is 12.3 Å². The lowest BCUT2D eigenvalue weighted by Crippen LogP contribution is -2.26. The van der Waals surface area contributed by atoms with Gasteiger partial charge in [0.15, 0.2) is 0 Å². The van der Waals surface area contributed by atoms with Gasteiger partial charge in [-0.3, -0.25) is 0 Å². The van der Waals surface area contributed by atoms with E-state index in [4.69, 9.17) is 4.74 Å². The van der Waals surface area contributed by atoms with Crippen LogP contribution in [0.15, 0.2) is 5.38 Å². The highest BCUT2D eigenvalue weighted by atomic mass is 32.1. The highest BCUT2D eigenvalue weighted by Gasteiger charge is 2.00. The van der Waals surface area contributed by atoms with Crippen LogP contribution < -0.4 is 5.32 Å². The topological polar surface area (TPSA) is 47.0 Å². The fourth-order valence-corrected chi connectivity index (χ4v) is 1.46. The second-order valence-corrected chi connectivity index (χ2v) is 3.40. The normalized spacial score (nSPS) is 13.1. The maximum atomic E-state index is 5.37. The van der Waals surface area contributed by atoms with Crippen LogP contribution in [-0.2, 0) is 11.3 Å². The number of hydrogen-bond donors (Lipinski definition) is 1. The number of rotatable bonds is 6. The zero-order chi connectivity index (χ0) is 9.52. The molecule has 1 aromatic rings. The van der Waals surface area contributed by atoms with Gasteiger partial charge in [-0.05, 0) is 25.4 Å². The highest BCUT2D eigenvalue weighted by molar-refractivity contribution is 7.03. The van der Waals surface area contributed by atoms with E-state index in [1.165, 1.54) is 11.5 Å². The molecule has 5 heteroatoms. The molecule has 0 bridgehead atoms. The number of nitrogens with zero attached hydrogens (tertiary/aromatic N) is 2. The maximum absolute atomic E-state index is 5.37. The zero-order valence-electron chi connectivity index (χ0n) is 7.99. The number of nitrogens with one attached hydrogen (secondary N) is 1. The first kappa shape index (κ1) is 10.6. The molecule has 0 saturated heterocycles. The maximum Gasteiger partial charge on any atom is 0.0893 e. The minimum absolute atomic E-state index is 0.261. The van der Waals surface area contributed by atoms with Gasteiger partial charge in [0, 0.05) is 25.1 Å². The Balaban J connectivity index is 2.07. The van der Waals surface area contributed by atoms with Gasteiger partial charge in [-0.1, -0.05) is 4.49 Å². The molecule has 13 heavy (non-hydrogen) atoms. The summed E-state index contributed by atoms with van der Waals surface area (Å²) in [5.74, 6) is 0. The van der Waals surface area contributed by atoms with Gasteiger partial charge in [-0.15, -0.1) is 5.10 Å². The fourth-order valence-electron chi connectivity index (χ4n) is 1.01. The molecule has 1 aromatic heterocycles. The van der Waals surface area contributed by atoms with Gasteiger partial charge >= 0.3 is 0 Å². The molecular weight excluding hydrogens is 186 g/mol. The Kier molecular flexibility index (Phi) is 4.88. The van der Waals surface area contributed by atoms with Crippen LogP contribution in [0.5, 0.6) is 0 Å². The van der Waals surface area contributed by atoms with Crippen molar-refractivity contribution in [2.24, 2.45) is 0 Å². The smallest absolute Gasteiger partial charge is 0.0893 e. The molecule has 1 N–H and O–H groups in total. The van der Waals surface area contributed by atoms with Crippen molar-refractivity contribution in [1.29, 1.82) is 0 Å². The molecule has 0 aromatic carbocycles. The average Bonchev–Trinajstić information content (AvgIpc) is 2.57. The van der Waals surface area contributed by atoms with Gasteiger partial charge in [0.2, 0.25) is 0 Å². The molecule has 0 amide bonds. The molecule has 0 aliphatic carbocycles. The van der Waals surface area contributed by atoms with Gasteiger partial charge < -0.3 is 10.1 Å². The Morgan fingerprint density at radius 1 is 1.69 bits per heavy atom. The van der Waals surface area contributed by atoms with Crippen molar-refractivity contribution in [1.82, 2.24) is 14.9 Å². The molecule has 74 valence electrons. The number of ether oxygens (including phenoxy) is 1. The lowest BCUT2D eigenvalue weighted by Gasteiger charge is -2.11. The summed E-state index contributed by atoms with van der Waals surface area (Å²) >= 11 is 1.38. The third-order valence-electron chi connectivity index (χ3n) is 1.59. The van der Waals surface area contributed by atoms with Crippen LogP contribution in [-0.4, -0.2) is 28.8 Å². The molecule has 0 radical (unpaired) electrons. The summed E-state index contributed by atoms with van der Waals surface area (Å²) in [6, 6.07) is 0. The SMILES string of the molecule is CCOC(C)CNCc1csnn1. The van der Waals surface area contributed by atoms with Crippen LogP contribution in [0.4, 0.5) is 0 Å². The van der Waals surface area contributed by atoms with Crippen molar-refractivity contribution in [3.63, 3.8) is 0 Å². The Bertz CT molecular complexity index is 215. The van der Waals surface area contributed by atoms with Crippen molar-refractivity contribution in [2.75, 3.05) is 13.2 Å². The molecule has 1 rings (SSSR count). The second-order valence-electron chi connectivity index (χ2n) is 2.79. The molecule has 1 unspecified atom stereocenters. The first-order chi connectivity index (χ1) is 6.33. The first-order valence-corrected chi connectivity index (χ1v) is 5.24. The predicted molar refractivity (Wildman–Crippen MR) is 52.7 cm³/mol. The molecule has 1 atom stereocenters. The van der Waals surface area contributed by atoms with Crippen molar-refractivity contribution >= 4 is 11.5 Å². The Hall–Kier alpha value is -0.520. The van der Waals surface area contributed by atoms with Gasteiger partial charge in [-0.25, -0.2) is 0 Å². The van der Waals surface area contributed by atoms with E-state index in [-0.39, 0.29) is 6.10 Å². The monoisotopic (exact) mass is 201 g/mol. The van der Waals surface area contributed by atoms with E-state index in [2.05, 4.69) is 21.8 Å². The third kappa shape index (κ3) is 4.31. The van der Waals surface area contributed by atoms with Crippen LogP contribution >= 0.6 is 11.5 Å². The van der Waals surface area contributed by atoms with Crippen molar-refractivity contribution in [3.05, 3.63) is 11.1 Å². The van der Waals surface area contributed by atoms with Crippen molar-refractivity contribution in [2.45, 2.75) is 26.5 Å². The molecular formula is C8H15N3OS. The van der Waals surface area contributed by atoms with Gasteiger partial charge in [0.25, 0.3) is 0 Å². The minimum atomic E-state index is 0.261. The van der Waals surface area contributed by atoms with Crippen molar-refractivity contribution < 1.29 is 4.74 Å². The van der Waals surface area contributed by atoms with Crippen LogP contribution in [0.2, 0.25) is 0 Å². The Labute approximate surface area is 82.5 Å². The lowest BCUT2D eigenvalue weighted by molar-refractivity contribution is 0.0759. The Morgan fingerprint density at radius 2 is 2.54 bits per heavy atom. The molecule has 4 nitrogen and oxygen atoms in total. The van der Waals surface area contributed by atoms with Crippen LogP contribution in [0.25, 0.3) is 0 Å². The summed E-state index contributed by atoms with van der Waals surface area (Å²) in [5.41, 5.74) is 0.994. The third-order valence-corrected chi connectivity index (χ3v) is 2.15. The molecule has 0 spiro atoms. The summed E-state index contributed by atoms with van der Waals surface area (Å²) in [6.45, 7) is 6.44. The Morgan fingerprint density at radius 3 is 3.15 bits per heavy atom. The van der Waals surface area contributed by atoms with E-state index in [0.29, 0.717) is 0 Å². The lowest BCUT2D eigenvalue weighted by atomic mass is 10.4. The molecule has 1 heterocycles. The van der Waals surface area contributed by atoms with Gasteiger partial charge in [0.1, 0.15) is 0 Å². The second kappa shape index (κ2) is 6.01. The van der Waals surface area contributed by atoms with E-state index in [9.17, 15) is 0 Å². The molecule has 0 aliphatic rings.